The van der Waals surface area contributed by atoms with Gasteiger partial charge in [-0.2, -0.15) is 10.1 Å². The second-order valence-corrected chi connectivity index (χ2v) is 7.11. The van der Waals surface area contributed by atoms with Crippen LogP contribution in [-0.4, -0.2) is 38.8 Å². The number of pyridine rings is 1. The molecule has 132 valence electrons. The number of nitrogens with zero attached hydrogens (tertiary/aromatic N) is 5. The van der Waals surface area contributed by atoms with Gasteiger partial charge in [0.25, 0.3) is 5.56 Å². The molecule has 0 aromatic carbocycles. The van der Waals surface area contributed by atoms with Crippen molar-refractivity contribution >= 4 is 22.8 Å². The Morgan fingerprint density at radius 2 is 2.08 bits per heavy atom. The molecule has 3 aromatic heterocycles. The lowest BCUT2D eigenvalue weighted by Crippen LogP contribution is -2.24. The second-order valence-electron chi connectivity index (χ2n) is 7.11. The van der Waals surface area contributed by atoms with E-state index in [1.807, 2.05) is 51.9 Å². The van der Waals surface area contributed by atoms with Crippen molar-refractivity contribution in [2.24, 2.45) is 0 Å². The van der Waals surface area contributed by atoms with Crippen LogP contribution in [0, 0.1) is 0 Å². The van der Waals surface area contributed by atoms with Crippen molar-refractivity contribution in [1.82, 2.24) is 24.7 Å². The molecule has 0 spiro atoms. The average Bonchev–Trinajstić information content (AvgIpc) is 2.98. The minimum absolute atomic E-state index is 0.206. The van der Waals surface area contributed by atoms with Crippen LogP contribution in [0.1, 0.15) is 26.3 Å². The standard InChI is InChI=1S/C17H23N7O/c1-17(2,3)24-14-12(10-20-24)15(25)22-16(21-14)19-9-11-7-6-8-18-13(11)23(4)5/h6-8,10H,9H2,1-5H3,(H2,19,21,22,25). The fourth-order valence-corrected chi connectivity index (χ4v) is 2.64. The summed E-state index contributed by atoms with van der Waals surface area (Å²) in [5.74, 6) is 1.29. The highest BCUT2D eigenvalue weighted by Crippen LogP contribution is 2.19. The molecule has 8 heteroatoms. The lowest BCUT2D eigenvalue weighted by Gasteiger charge is -2.20. The predicted octanol–water partition coefficient (Wildman–Crippen LogP) is 1.95. The number of aromatic amines is 1. The number of nitrogens with one attached hydrogen (secondary N) is 2. The van der Waals surface area contributed by atoms with Gasteiger partial charge in [-0.3, -0.25) is 9.78 Å². The van der Waals surface area contributed by atoms with Gasteiger partial charge in [0.05, 0.1) is 11.7 Å². The monoisotopic (exact) mass is 341 g/mol. The normalized spacial score (nSPS) is 11.7. The van der Waals surface area contributed by atoms with Gasteiger partial charge in [-0.05, 0) is 26.8 Å². The van der Waals surface area contributed by atoms with Crippen molar-refractivity contribution in [2.45, 2.75) is 32.9 Å². The predicted molar refractivity (Wildman–Crippen MR) is 99.0 cm³/mol. The first-order valence-corrected chi connectivity index (χ1v) is 8.11. The number of fused-ring (bicyclic) bond motifs is 1. The Balaban J connectivity index is 1.94. The van der Waals surface area contributed by atoms with E-state index in [1.165, 1.54) is 0 Å². The van der Waals surface area contributed by atoms with E-state index in [1.54, 1.807) is 17.1 Å². The van der Waals surface area contributed by atoms with Gasteiger partial charge >= 0.3 is 0 Å². The van der Waals surface area contributed by atoms with Crippen molar-refractivity contribution in [3.63, 3.8) is 0 Å². The quantitative estimate of drug-likeness (QED) is 0.753. The van der Waals surface area contributed by atoms with Crippen LogP contribution in [0.15, 0.2) is 29.3 Å². The summed E-state index contributed by atoms with van der Waals surface area (Å²) in [7, 11) is 3.89. The first-order valence-electron chi connectivity index (χ1n) is 8.11. The van der Waals surface area contributed by atoms with Crippen molar-refractivity contribution in [1.29, 1.82) is 0 Å². The van der Waals surface area contributed by atoms with Crippen LogP contribution in [0.2, 0.25) is 0 Å². The molecule has 0 aliphatic heterocycles. The summed E-state index contributed by atoms with van der Waals surface area (Å²) in [6.07, 6.45) is 3.31. The Labute approximate surface area is 145 Å². The topological polar surface area (TPSA) is 91.7 Å². The molecule has 0 fully saturated rings. The van der Waals surface area contributed by atoms with Crippen LogP contribution in [-0.2, 0) is 12.1 Å². The van der Waals surface area contributed by atoms with Gasteiger partial charge in [-0.15, -0.1) is 0 Å². The Morgan fingerprint density at radius 1 is 1.32 bits per heavy atom. The molecule has 2 N–H and O–H groups in total. The lowest BCUT2D eigenvalue weighted by molar-refractivity contribution is 0.366. The fourth-order valence-electron chi connectivity index (χ4n) is 2.64. The van der Waals surface area contributed by atoms with Gasteiger partial charge in [0, 0.05) is 32.4 Å². The van der Waals surface area contributed by atoms with E-state index in [0.717, 1.165) is 11.4 Å². The van der Waals surface area contributed by atoms with Gasteiger partial charge in [0.1, 0.15) is 11.2 Å². The van der Waals surface area contributed by atoms with Crippen molar-refractivity contribution in [3.05, 3.63) is 40.4 Å². The van der Waals surface area contributed by atoms with Gasteiger partial charge in [0.2, 0.25) is 5.95 Å². The molecular formula is C17H23N7O. The Kier molecular flexibility index (Phi) is 4.20. The highest BCUT2D eigenvalue weighted by atomic mass is 16.1. The number of H-pyrrole nitrogens is 1. The van der Waals surface area contributed by atoms with Gasteiger partial charge in [-0.1, -0.05) is 6.07 Å². The lowest BCUT2D eigenvalue weighted by atomic mass is 10.1. The molecule has 0 aliphatic carbocycles. The number of aromatic nitrogens is 5. The van der Waals surface area contributed by atoms with Crippen molar-refractivity contribution in [2.75, 3.05) is 24.3 Å². The molecular weight excluding hydrogens is 318 g/mol. The highest BCUT2D eigenvalue weighted by Gasteiger charge is 2.20. The molecule has 0 bridgehead atoms. The molecule has 25 heavy (non-hydrogen) atoms. The van der Waals surface area contributed by atoms with E-state index in [4.69, 9.17) is 0 Å². The van der Waals surface area contributed by atoms with E-state index in [9.17, 15) is 4.79 Å². The molecule has 3 aromatic rings. The first-order chi connectivity index (χ1) is 11.8. The third kappa shape index (κ3) is 3.33. The third-order valence-corrected chi connectivity index (χ3v) is 3.81. The Morgan fingerprint density at radius 3 is 2.76 bits per heavy atom. The fraction of sp³-hybridized carbons (Fsp3) is 0.412. The smallest absolute Gasteiger partial charge is 0.263 e. The molecule has 0 saturated carbocycles. The second kappa shape index (κ2) is 6.19. The molecule has 8 nitrogen and oxygen atoms in total. The van der Waals surface area contributed by atoms with Crippen molar-refractivity contribution < 1.29 is 0 Å². The minimum Gasteiger partial charge on any atom is -0.362 e. The highest BCUT2D eigenvalue weighted by molar-refractivity contribution is 5.74. The van der Waals surface area contributed by atoms with Gasteiger partial charge in [0.15, 0.2) is 5.65 Å². The molecule has 3 heterocycles. The number of rotatable bonds is 4. The maximum Gasteiger partial charge on any atom is 0.263 e. The molecule has 0 aliphatic rings. The summed E-state index contributed by atoms with van der Waals surface area (Å²) < 4.78 is 1.76. The van der Waals surface area contributed by atoms with E-state index < -0.39 is 0 Å². The molecule has 0 atom stereocenters. The van der Waals surface area contributed by atoms with Gasteiger partial charge < -0.3 is 10.2 Å². The van der Waals surface area contributed by atoms with Crippen molar-refractivity contribution in [3.8, 4) is 0 Å². The summed E-state index contributed by atoms with van der Waals surface area (Å²) in [5, 5.41) is 7.98. The summed E-state index contributed by atoms with van der Waals surface area (Å²) in [5.41, 5.74) is 1.11. The third-order valence-electron chi connectivity index (χ3n) is 3.81. The van der Waals surface area contributed by atoms with Gasteiger partial charge in [-0.25, -0.2) is 9.67 Å². The molecule has 0 amide bonds. The maximum absolute atomic E-state index is 12.3. The van der Waals surface area contributed by atoms with E-state index in [-0.39, 0.29) is 11.1 Å². The first kappa shape index (κ1) is 16.9. The van der Waals surface area contributed by atoms with Crippen LogP contribution < -0.4 is 15.8 Å². The largest absolute Gasteiger partial charge is 0.362 e. The summed E-state index contributed by atoms with van der Waals surface area (Å²) in [6, 6.07) is 3.88. The summed E-state index contributed by atoms with van der Waals surface area (Å²) in [6.45, 7) is 6.57. The van der Waals surface area contributed by atoms with E-state index in [2.05, 4.69) is 25.4 Å². The zero-order valence-electron chi connectivity index (χ0n) is 15.2. The van der Waals surface area contributed by atoms with Crippen LogP contribution in [0.3, 0.4) is 0 Å². The zero-order valence-corrected chi connectivity index (χ0v) is 15.2. The van der Waals surface area contributed by atoms with E-state index in [0.29, 0.717) is 23.5 Å². The zero-order chi connectivity index (χ0) is 18.2. The molecule has 0 unspecified atom stereocenters. The number of anilines is 2. The number of hydrogen-bond acceptors (Lipinski definition) is 6. The van der Waals surface area contributed by atoms with E-state index >= 15 is 0 Å². The molecule has 3 rings (SSSR count). The molecule has 0 radical (unpaired) electrons. The SMILES string of the molecule is CN(C)c1ncccc1CNc1nc2c(cnn2C(C)(C)C)c(=O)[nH]1. The van der Waals surface area contributed by atoms with Crippen LogP contribution >= 0.6 is 0 Å². The summed E-state index contributed by atoms with van der Waals surface area (Å²) in [4.78, 5) is 26.0. The van der Waals surface area contributed by atoms with Crippen LogP contribution in [0.4, 0.5) is 11.8 Å². The average molecular weight is 341 g/mol. The van der Waals surface area contributed by atoms with Crippen LogP contribution in [0.25, 0.3) is 11.0 Å². The Bertz CT molecular complexity index is 950. The maximum atomic E-state index is 12.3. The molecule has 0 saturated heterocycles. The van der Waals surface area contributed by atoms with Crippen LogP contribution in [0.5, 0.6) is 0 Å². The minimum atomic E-state index is -0.263. The summed E-state index contributed by atoms with van der Waals surface area (Å²) >= 11 is 0. The number of hydrogen-bond donors (Lipinski definition) is 2. The Hall–Kier alpha value is -2.90.